The lowest BCUT2D eigenvalue weighted by atomic mass is 10.1. The van der Waals surface area contributed by atoms with Crippen molar-refractivity contribution in [3.63, 3.8) is 0 Å². The first-order chi connectivity index (χ1) is 9.76. The van der Waals surface area contributed by atoms with Crippen LogP contribution in [0.5, 0.6) is 0 Å². The average Bonchev–Trinajstić information content (AvgIpc) is 2.91. The summed E-state index contributed by atoms with van der Waals surface area (Å²) in [5, 5.41) is 0. The summed E-state index contributed by atoms with van der Waals surface area (Å²) < 4.78 is 5.77. The monoisotopic (exact) mass is 266 g/mol. The maximum atomic E-state index is 6.21. The molecule has 1 heterocycles. The van der Waals surface area contributed by atoms with E-state index in [-0.39, 0.29) is 6.04 Å². The van der Waals surface area contributed by atoms with E-state index in [9.17, 15) is 0 Å². The van der Waals surface area contributed by atoms with Crippen LogP contribution in [0.2, 0.25) is 0 Å². The minimum absolute atomic E-state index is 0.213. The van der Waals surface area contributed by atoms with E-state index in [1.807, 2.05) is 24.3 Å². The number of aryl methyl sites for hydroxylation is 1. The summed E-state index contributed by atoms with van der Waals surface area (Å²) >= 11 is 0. The second-order valence-electron chi connectivity index (χ2n) is 5.00. The Hall–Kier alpha value is -2.13. The van der Waals surface area contributed by atoms with Gasteiger partial charge in [0.25, 0.3) is 0 Å². The number of aromatic nitrogens is 1. The molecule has 0 saturated carbocycles. The van der Waals surface area contributed by atoms with E-state index in [1.165, 1.54) is 11.1 Å². The number of hydrogen-bond acceptors (Lipinski definition) is 3. The van der Waals surface area contributed by atoms with Crippen LogP contribution in [0.3, 0.4) is 0 Å². The van der Waals surface area contributed by atoms with E-state index in [0.29, 0.717) is 5.89 Å². The van der Waals surface area contributed by atoms with Crippen molar-refractivity contribution in [2.24, 2.45) is 5.73 Å². The highest BCUT2D eigenvalue weighted by atomic mass is 16.3. The molecule has 0 aliphatic rings. The Morgan fingerprint density at radius 3 is 2.65 bits per heavy atom. The molecule has 3 nitrogen and oxygen atoms in total. The molecule has 0 radical (unpaired) electrons. The number of fused-ring (bicyclic) bond motifs is 1. The fourth-order valence-electron chi connectivity index (χ4n) is 2.32. The van der Waals surface area contributed by atoms with Gasteiger partial charge in [0, 0.05) is 0 Å². The van der Waals surface area contributed by atoms with Crippen molar-refractivity contribution in [3.8, 4) is 0 Å². The molecule has 1 unspecified atom stereocenters. The van der Waals surface area contributed by atoms with Gasteiger partial charge >= 0.3 is 0 Å². The molecule has 3 heteroatoms. The zero-order valence-corrected chi connectivity index (χ0v) is 11.5. The van der Waals surface area contributed by atoms with Crippen LogP contribution < -0.4 is 5.73 Å². The van der Waals surface area contributed by atoms with E-state index in [1.54, 1.807) is 0 Å². The van der Waals surface area contributed by atoms with Crippen LogP contribution in [0.15, 0.2) is 52.9 Å². The lowest BCUT2D eigenvalue weighted by Crippen LogP contribution is -2.13. The molecule has 0 saturated heterocycles. The Labute approximate surface area is 118 Å². The van der Waals surface area contributed by atoms with Gasteiger partial charge in [-0.1, -0.05) is 43.3 Å². The van der Waals surface area contributed by atoms with Gasteiger partial charge < -0.3 is 10.2 Å². The zero-order chi connectivity index (χ0) is 13.9. The molecule has 0 aliphatic carbocycles. The van der Waals surface area contributed by atoms with Crippen molar-refractivity contribution >= 4 is 11.1 Å². The molecule has 3 aromatic rings. The van der Waals surface area contributed by atoms with Crippen LogP contribution in [0.4, 0.5) is 0 Å². The van der Waals surface area contributed by atoms with Crippen molar-refractivity contribution < 1.29 is 4.42 Å². The average molecular weight is 266 g/mol. The minimum atomic E-state index is -0.213. The second kappa shape index (κ2) is 5.47. The van der Waals surface area contributed by atoms with Crippen molar-refractivity contribution in [2.75, 3.05) is 0 Å². The summed E-state index contributed by atoms with van der Waals surface area (Å²) in [7, 11) is 0. The summed E-state index contributed by atoms with van der Waals surface area (Å²) in [6.45, 7) is 2.13. The molecule has 3 rings (SSSR count). The molecular weight excluding hydrogens is 248 g/mol. The molecule has 1 atom stereocenters. The Kier molecular flexibility index (Phi) is 3.52. The number of oxazole rings is 1. The first-order valence-electron chi connectivity index (χ1n) is 6.95. The first-order valence-corrected chi connectivity index (χ1v) is 6.95. The third-order valence-electron chi connectivity index (χ3n) is 3.49. The molecule has 0 bridgehead atoms. The van der Waals surface area contributed by atoms with Crippen molar-refractivity contribution in [1.82, 2.24) is 4.98 Å². The Balaban J connectivity index is 1.86. The van der Waals surface area contributed by atoms with Gasteiger partial charge in [0.05, 0.1) is 6.04 Å². The van der Waals surface area contributed by atoms with E-state index in [2.05, 4.69) is 36.2 Å². The van der Waals surface area contributed by atoms with Crippen molar-refractivity contribution in [1.29, 1.82) is 0 Å². The van der Waals surface area contributed by atoms with Gasteiger partial charge in [-0.3, -0.25) is 0 Å². The van der Waals surface area contributed by atoms with Gasteiger partial charge in [0.2, 0.25) is 5.89 Å². The van der Waals surface area contributed by atoms with Crippen LogP contribution >= 0.6 is 0 Å². The molecule has 0 fully saturated rings. The maximum Gasteiger partial charge on any atom is 0.212 e. The SMILES string of the molecule is CCc1ccc2oc(C(N)Cc3ccccc3)nc2c1. The van der Waals surface area contributed by atoms with Crippen LogP contribution in [0, 0.1) is 0 Å². The van der Waals surface area contributed by atoms with Gasteiger partial charge in [-0.05, 0) is 36.1 Å². The molecule has 0 spiro atoms. The standard InChI is InChI=1S/C17H18N2O/c1-2-12-8-9-16-15(11-12)19-17(20-16)14(18)10-13-6-4-3-5-7-13/h3-9,11,14H,2,10,18H2,1H3. The summed E-state index contributed by atoms with van der Waals surface area (Å²) in [5.41, 5.74) is 10.4. The van der Waals surface area contributed by atoms with E-state index < -0.39 is 0 Å². The fourth-order valence-corrected chi connectivity index (χ4v) is 2.32. The first kappa shape index (κ1) is 12.9. The summed E-state index contributed by atoms with van der Waals surface area (Å²) in [4.78, 5) is 4.53. The second-order valence-corrected chi connectivity index (χ2v) is 5.00. The van der Waals surface area contributed by atoms with Crippen molar-refractivity contribution in [3.05, 3.63) is 65.5 Å². The molecule has 102 valence electrons. The maximum absolute atomic E-state index is 6.21. The smallest absolute Gasteiger partial charge is 0.212 e. The highest BCUT2D eigenvalue weighted by molar-refractivity contribution is 5.73. The van der Waals surface area contributed by atoms with Gasteiger partial charge in [-0.2, -0.15) is 0 Å². The van der Waals surface area contributed by atoms with E-state index >= 15 is 0 Å². The quantitative estimate of drug-likeness (QED) is 0.784. The predicted molar refractivity (Wildman–Crippen MR) is 80.5 cm³/mol. The number of hydrogen-bond donors (Lipinski definition) is 1. The molecule has 0 amide bonds. The Bertz CT molecular complexity index is 703. The molecule has 20 heavy (non-hydrogen) atoms. The summed E-state index contributed by atoms with van der Waals surface area (Å²) in [6.07, 6.45) is 1.72. The fraction of sp³-hybridized carbons (Fsp3) is 0.235. The lowest BCUT2D eigenvalue weighted by Gasteiger charge is -2.06. The Morgan fingerprint density at radius 1 is 1.10 bits per heavy atom. The van der Waals surface area contributed by atoms with Crippen LogP contribution in [-0.2, 0) is 12.8 Å². The van der Waals surface area contributed by atoms with Crippen LogP contribution in [0.25, 0.3) is 11.1 Å². The topological polar surface area (TPSA) is 52.0 Å². The third kappa shape index (κ3) is 2.58. The minimum Gasteiger partial charge on any atom is -0.439 e. The van der Waals surface area contributed by atoms with Crippen LogP contribution in [0.1, 0.15) is 30.0 Å². The zero-order valence-electron chi connectivity index (χ0n) is 11.5. The molecule has 2 aromatic carbocycles. The molecular formula is C17H18N2O. The highest BCUT2D eigenvalue weighted by Crippen LogP contribution is 2.22. The summed E-state index contributed by atoms with van der Waals surface area (Å²) in [5.74, 6) is 0.608. The van der Waals surface area contributed by atoms with Gasteiger partial charge in [0.15, 0.2) is 5.58 Å². The summed E-state index contributed by atoms with van der Waals surface area (Å²) in [6, 6.07) is 16.1. The van der Waals surface area contributed by atoms with Gasteiger partial charge in [-0.25, -0.2) is 4.98 Å². The number of nitrogens with zero attached hydrogens (tertiary/aromatic N) is 1. The largest absolute Gasteiger partial charge is 0.439 e. The van der Waals surface area contributed by atoms with Gasteiger partial charge in [-0.15, -0.1) is 0 Å². The van der Waals surface area contributed by atoms with Crippen molar-refractivity contribution in [2.45, 2.75) is 25.8 Å². The lowest BCUT2D eigenvalue weighted by molar-refractivity contribution is 0.474. The van der Waals surface area contributed by atoms with Crippen LogP contribution in [-0.4, -0.2) is 4.98 Å². The third-order valence-corrected chi connectivity index (χ3v) is 3.49. The number of benzene rings is 2. The molecule has 0 aliphatic heterocycles. The molecule has 2 N–H and O–H groups in total. The Morgan fingerprint density at radius 2 is 1.90 bits per heavy atom. The number of nitrogens with two attached hydrogens (primary N) is 1. The van der Waals surface area contributed by atoms with E-state index in [4.69, 9.17) is 10.2 Å². The van der Waals surface area contributed by atoms with Gasteiger partial charge in [0.1, 0.15) is 5.52 Å². The highest BCUT2D eigenvalue weighted by Gasteiger charge is 2.14. The normalized spacial score (nSPS) is 12.7. The predicted octanol–water partition coefficient (Wildman–Crippen LogP) is 3.63. The van der Waals surface area contributed by atoms with E-state index in [0.717, 1.165) is 23.9 Å². The number of rotatable bonds is 4. The molecule has 1 aromatic heterocycles.